The molecule has 0 aliphatic rings. The van der Waals surface area contributed by atoms with Crippen LogP contribution >= 0.6 is 0 Å². The molecule has 0 unspecified atom stereocenters. The molecule has 0 saturated carbocycles. The van der Waals surface area contributed by atoms with Gasteiger partial charge in [-0.15, -0.1) is 0 Å². The van der Waals surface area contributed by atoms with Crippen LogP contribution in [-0.4, -0.2) is 22.2 Å². The van der Waals surface area contributed by atoms with Crippen molar-refractivity contribution in [2.75, 3.05) is 12.4 Å². The van der Waals surface area contributed by atoms with Crippen LogP contribution in [0.4, 0.5) is 5.82 Å². The second kappa shape index (κ2) is 7.07. The lowest BCUT2D eigenvalue weighted by molar-refractivity contribution is 0.394. The summed E-state index contributed by atoms with van der Waals surface area (Å²) < 4.78 is 10.4. The van der Waals surface area contributed by atoms with E-state index in [1.54, 1.807) is 14.0 Å². The fourth-order valence-electron chi connectivity index (χ4n) is 2.99. The summed E-state index contributed by atoms with van der Waals surface area (Å²) in [6.45, 7) is 4.46. The van der Waals surface area contributed by atoms with Crippen LogP contribution in [0.5, 0.6) is 5.75 Å². The molecule has 6 nitrogen and oxygen atoms in total. The smallest absolute Gasteiger partial charge is 0.223 e. The number of rotatable bonds is 5. The van der Waals surface area contributed by atoms with Gasteiger partial charge in [-0.1, -0.05) is 35.5 Å². The molecule has 0 fully saturated rings. The molecule has 136 valence electrons. The number of aryl methyl sites for hydroxylation is 2. The molecule has 2 aromatic carbocycles. The number of aromatic nitrogens is 3. The van der Waals surface area contributed by atoms with Crippen molar-refractivity contribution in [3.63, 3.8) is 0 Å². The summed E-state index contributed by atoms with van der Waals surface area (Å²) in [5.74, 6) is 2.62. The first kappa shape index (κ1) is 17.0. The maximum Gasteiger partial charge on any atom is 0.223 e. The lowest BCUT2D eigenvalue weighted by atomic mass is 10.1. The second-order valence-corrected chi connectivity index (χ2v) is 6.37. The molecule has 0 aliphatic heterocycles. The Labute approximate surface area is 157 Å². The minimum Gasteiger partial charge on any atom is -0.497 e. The Bertz CT molecular complexity index is 1090. The molecule has 2 aromatic heterocycles. The van der Waals surface area contributed by atoms with E-state index in [4.69, 9.17) is 14.2 Å². The van der Waals surface area contributed by atoms with Gasteiger partial charge in [0, 0.05) is 18.9 Å². The number of fused-ring (bicyclic) bond motifs is 1. The van der Waals surface area contributed by atoms with Crippen molar-refractivity contribution < 1.29 is 9.26 Å². The Kier molecular flexibility index (Phi) is 4.46. The number of para-hydroxylation sites is 1. The van der Waals surface area contributed by atoms with Crippen molar-refractivity contribution in [3.8, 4) is 17.1 Å². The molecule has 4 aromatic rings. The van der Waals surface area contributed by atoms with Crippen LogP contribution in [0.15, 0.2) is 53.1 Å². The molecule has 2 heterocycles. The number of hydrogen-bond donors (Lipinski definition) is 1. The normalized spacial score (nSPS) is 10.9. The van der Waals surface area contributed by atoms with Gasteiger partial charge in [0.05, 0.1) is 18.2 Å². The van der Waals surface area contributed by atoms with Gasteiger partial charge in [-0.05, 0) is 36.2 Å². The molecule has 0 bridgehead atoms. The first-order valence-electron chi connectivity index (χ1n) is 8.72. The number of nitrogens with zero attached hydrogens (tertiary/aromatic N) is 3. The second-order valence-electron chi connectivity index (χ2n) is 6.37. The average Bonchev–Trinajstić information content (AvgIpc) is 3.13. The summed E-state index contributed by atoms with van der Waals surface area (Å²) in [5.41, 5.74) is 4.02. The third-order valence-corrected chi connectivity index (χ3v) is 4.44. The van der Waals surface area contributed by atoms with Gasteiger partial charge in [-0.3, -0.25) is 0 Å². The molecular weight excluding hydrogens is 340 g/mol. The molecule has 0 saturated heterocycles. The van der Waals surface area contributed by atoms with E-state index in [1.165, 1.54) is 0 Å². The molecule has 0 amide bonds. The van der Waals surface area contributed by atoms with Crippen LogP contribution in [0.2, 0.25) is 0 Å². The fraction of sp³-hybridized carbons (Fsp3) is 0.190. The van der Waals surface area contributed by atoms with Gasteiger partial charge < -0.3 is 14.6 Å². The predicted octanol–water partition coefficient (Wildman–Crippen LogP) is 4.52. The summed E-state index contributed by atoms with van der Waals surface area (Å²) in [6, 6.07) is 16.1. The highest BCUT2D eigenvalue weighted by atomic mass is 16.5. The molecule has 0 aliphatic carbocycles. The number of hydrogen-bond acceptors (Lipinski definition) is 6. The number of pyridine rings is 1. The molecule has 0 spiro atoms. The minimum absolute atomic E-state index is 0.524. The fourth-order valence-corrected chi connectivity index (χ4v) is 2.99. The third-order valence-electron chi connectivity index (χ3n) is 4.44. The molecule has 6 heteroatoms. The van der Waals surface area contributed by atoms with Crippen molar-refractivity contribution in [1.82, 2.24) is 15.1 Å². The van der Waals surface area contributed by atoms with Gasteiger partial charge in [0.15, 0.2) is 0 Å². The Hall–Kier alpha value is -3.41. The van der Waals surface area contributed by atoms with Crippen LogP contribution in [-0.2, 0) is 6.54 Å². The lowest BCUT2D eigenvalue weighted by Gasteiger charge is -2.12. The number of nitrogens with one attached hydrogen (secondary N) is 1. The van der Waals surface area contributed by atoms with Gasteiger partial charge in [0.1, 0.15) is 11.6 Å². The molecule has 0 atom stereocenters. The highest BCUT2D eigenvalue weighted by Gasteiger charge is 2.15. The van der Waals surface area contributed by atoms with Gasteiger partial charge in [0.2, 0.25) is 11.7 Å². The largest absolute Gasteiger partial charge is 0.497 e. The first-order chi connectivity index (χ1) is 13.1. The Morgan fingerprint density at radius 2 is 1.85 bits per heavy atom. The molecule has 1 N–H and O–H groups in total. The van der Waals surface area contributed by atoms with E-state index in [0.717, 1.165) is 39.2 Å². The van der Waals surface area contributed by atoms with Crippen molar-refractivity contribution >= 4 is 16.7 Å². The standard InChI is InChI=1S/C21H20N4O2/c1-13-5-4-6-16-11-18(21-23-14(2)27-25-21)20(24-19(13)16)22-12-15-7-9-17(26-3)10-8-15/h4-11H,12H2,1-3H3,(H,22,24). The number of benzene rings is 2. The van der Waals surface area contributed by atoms with Gasteiger partial charge in [0.25, 0.3) is 0 Å². The highest BCUT2D eigenvalue weighted by Crippen LogP contribution is 2.30. The first-order valence-corrected chi connectivity index (χ1v) is 8.72. The van der Waals surface area contributed by atoms with Crippen molar-refractivity contribution in [2.45, 2.75) is 20.4 Å². The number of anilines is 1. The highest BCUT2D eigenvalue weighted by molar-refractivity contribution is 5.89. The summed E-state index contributed by atoms with van der Waals surface area (Å²) in [6.07, 6.45) is 0. The summed E-state index contributed by atoms with van der Waals surface area (Å²) in [7, 11) is 1.66. The number of methoxy groups -OCH3 is 1. The Morgan fingerprint density at radius 3 is 2.56 bits per heavy atom. The van der Waals surface area contributed by atoms with Gasteiger partial charge >= 0.3 is 0 Å². The summed E-state index contributed by atoms with van der Waals surface area (Å²) in [4.78, 5) is 9.23. The van der Waals surface area contributed by atoms with Crippen molar-refractivity contribution in [1.29, 1.82) is 0 Å². The molecule has 4 rings (SSSR count). The lowest BCUT2D eigenvalue weighted by Crippen LogP contribution is -2.04. The molecular formula is C21H20N4O2. The van der Waals surface area contributed by atoms with Crippen molar-refractivity contribution in [2.24, 2.45) is 0 Å². The van der Waals surface area contributed by atoms with Gasteiger partial charge in [-0.2, -0.15) is 4.98 Å². The van der Waals surface area contributed by atoms with E-state index in [2.05, 4.69) is 34.5 Å². The third kappa shape index (κ3) is 3.46. The zero-order valence-corrected chi connectivity index (χ0v) is 15.5. The summed E-state index contributed by atoms with van der Waals surface area (Å²) in [5, 5.41) is 8.54. The van der Waals surface area contributed by atoms with Crippen molar-refractivity contribution in [3.05, 3.63) is 65.5 Å². The van der Waals surface area contributed by atoms with Crippen LogP contribution in [0.1, 0.15) is 17.0 Å². The van der Waals surface area contributed by atoms with Crippen LogP contribution in [0.25, 0.3) is 22.3 Å². The molecule has 27 heavy (non-hydrogen) atoms. The van der Waals surface area contributed by atoms with E-state index < -0.39 is 0 Å². The van der Waals surface area contributed by atoms with E-state index in [-0.39, 0.29) is 0 Å². The number of ether oxygens (including phenoxy) is 1. The minimum atomic E-state index is 0.524. The molecule has 0 radical (unpaired) electrons. The van der Waals surface area contributed by atoms with E-state index >= 15 is 0 Å². The monoisotopic (exact) mass is 360 g/mol. The van der Waals surface area contributed by atoms with E-state index in [9.17, 15) is 0 Å². The topological polar surface area (TPSA) is 73.1 Å². The van der Waals surface area contributed by atoms with Crippen LogP contribution < -0.4 is 10.1 Å². The predicted molar refractivity (Wildman–Crippen MR) is 105 cm³/mol. The van der Waals surface area contributed by atoms with Crippen LogP contribution in [0.3, 0.4) is 0 Å². The Balaban J connectivity index is 1.73. The maximum absolute atomic E-state index is 5.21. The van der Waals surface area contributed by atoms with E-state index in [0.29, 0.717) is 18.3 Å². The van der Waals surface area contributed by atoms with E-state index in [1.807, 2.05) is 36.4 Å². The van der Waals surface area contributed by atoms with Gasteiger partial charge in [-0.25, -0.2) is 4.98 Å². The zero-order valence-electron chi connectivity index (χ0n) is 15.5. The Morgan fingerprint density at radius 1 is 1.04 bits per heavy atom. The summed E-state index contributed by atoms with van der Waals surface area (Å²) >= 11 is 0. The SMILES string of the molecule is COc1ccc(CNc2nc3c(C)cccc3cc2-c2noc(C)n2)cc1. The maximum atomic E-state index is 5.21. The van der Waals surface area contributed by atoms with Crippen LogP contribution in [0, 0.1) is 13.8 Å². The zero-order chi connectivity index (χ0) is 18.8. The quantitative estimate of drug-likeness (QED) is 0.564. The average molecular weight is 360 g/mol.